The number of aliphatic hydroxyl groups is 2. The molecule has 0 spiro atoms. The molecular formula is C56H76N2O9S. The van der Waals surface area contributed by atoms with Crippen LogP contribution < -0.4 is 18.9 Å². The number of thioether (sulfide) groups is 1. The number of fused-ring (bicyclic) bond motifs is 3. The van der Waals surface area contributed by atoms with Gasteiger partial charge in [0.25, 0.3) is 0 Å². The van der Waals surface area contributed by atoms with Crippen LogP contribution in [0.25, 0.3) is 0 Å². The van der Waals surface area contributed by atoms with E-state index < -0.39 is 17.7 Å². The summed E-state index contributed by atoms with van der Waals surface area (Å²) in [6, 6.07) is 19.5. The number of hydrogen-bond acceptors (Lipinski definition) is 11. The first-order valence-corrected chi connectivity index (χ1v) is 26.8. The van der Waals surface area contributed by atoms with Gasteiger partial charge >= 0.3 is 0 Å². The van der Waals surface area contributed by atoms with Crippen molar-refractivity contribution >= 4 is 23.4 Å². The van der Waals surface area contributed by atoms with E-state index >= 15 is 4.79 Å². The van der Waals surface area contributed by atoms with Gasteiger partial charge in [0.1, 0.15) is 29.9 Å². The maximum atomic E-state index is 15.3. The number of benzene rings is 3. The molecule has 3 aromatic carbocycles. The molecule has 4 aliphatic rings. The number of carbonyl (C=O) groups excluding carboxylic acids is 1. The lowest BCUT2D eigenvalue weighted by Crippen LogP contribution is -2.70. The van der Waals surface area contributed by atoms with Gasteiger partial charge in [-0.2, -0.15) is 0 Å². The lowest BCUT2D eigenvalue weighted by molar-refractivity contribution is -0.258. The second-order valence-corrected chi connectivity index (χ2v) is 19.6. The van der Waals surface area contributed by atoms with Gasteiger partial charge in [0.2, 0.25) is 18.5 Å². The average Bonchev–Trinajstić information content (AvgIpc) is 3.83. The molecule has 1 amide bonds. The molecule has 0 saturated heterocycles. The molecule has 2 N–H and O–H groups in total. The Hall–Kier alpha value is -4.49. The molecule has 2 aliphatic carbocycles. The number of rotatable bonds is 29. The van der Waals surface area contributed by atoms with Crippen LogP contribution in [0.15, 0.2) is 95.0 Å². The van der Waals surface area contributed by atoms with Gasteiger partial charge in [0, 0.05) is 49.0 Å². The minimum Gasteiger partial charge on any atom is -0.459 e. The van der Waals surface area contributed by atoms with Crippen molar-refractivity contribution in [2.24, 2.45) is 22.9 Å². The van der Waals surface area contributed by atoms with Gasteiger partial charge in [-0.15, -0.1) is 18.3 Å². The average molecular weight is 953 g/mol. The normalized spacial score (nSPS) is 22.8. The number of nitrogens with zero attached hydrogens (tertiary/aromatic N) is 2. The van der Waals surface area contributed by atoms with Crippen molar-refractivity contribution in [1.82, 2.24) is 4.90 Å². The van der Waals surface area contributed by atoms with Crippen LogP contribution in [-0.4, -0.2) is 78.0 Å². The van der Waals surface area contributed by atoms with Gasteiger partial charge in [-0.25, -0.2) is 0 Å². The Kier molecular flexibility index (Phi) is 19.6. The summed E-state index contributed by atoms with van der Waals surface area (Å²) < 4.78 is 32.9. The van der Waals surface area contributed by atoms with Crippen LogP contribution in [0.1, 0.15) is 140 Å². The summed E-state index contributed by atoms with van der Waals surface area (Å²) in [7, 11) is 0. The summed E-state index contributed by atoms with van der Waals surface area (Å²) in [6.07, 6.45) is 22.1. The molecule has 7 rings (SSSR count). The largest absolute Gasteiger partial charge is 0.459 e. The fourth-order valence-electron chi connectivity index (χ4n) is 11.0. The maximum absolute atomic E-state index is 15.3. The van der Waals surface area contributed by atoms with Crippen molar-refractivity contribution in [3.05, 3.63) is 96.1 Å². The molecular weight excluding hydrogens is 877 g/mol. The van der Waals surface area contributed by atoms with E-state index in [1.165, 1.54) is 38.5 Å². The SMILES string of the molecule is C=CCOC12Oc3ccc(Oc4ccc(SC)cc4)cc3C3C(CCCCO)C(CCCCO)C=C(C(=NOCC)CC1N(Cc1ccc4c(c1)OCO4)C(=O)CCCCCCCCCCC)C32. The number of allylic oxidation sites excluding steroid dienone is 1. The highest BCUT2D eigenvalue weighted by molar-refractivity contribution is 7.98. The predicted molar refractivity (Wildman–Crippen MR) is 270 cm³/mol. The summed E-state index contributed by atoms with van der Waals surface area (Å²) in [4.78, 5) is 24.4. The summed E-state index contributed by atoms with van der Waals surface area (Å²) in [6.45, 7) is 9.55. The van der Waals surface area contributed by atoms with Gasteiger partial charge in [-0.3, -0.25) is 4.79 Å². The number of unbranched alkanes of at least 4 members (excludes halogenated alkanes) is 10. The molecule has 0 aromatic heterocycles. The topological polar surface area (TPSA) is 129 Å². The summed E-state index contributed by atoms with van der Waals surface area (Å²) in [5, 5.41) is 25.0. The van der Waals surface area contributed by atoms with Crippen molar-refractivity contribution in [3.8, 4) is 28.7 Å². The Bertz CT molecular complexity index is 2140. The zero-order chi connectivity index (χ0) is 47.7. The fourth-order valence-corrected chi connectivity index (χ4v) is 11.4. The van der Waals surface area contributed by atoms with Gasteiger partial charge < -0.3 is 43.6 Å². The lowest BCUT2D eigenvalue weighted by Gasteiger charge is -2.60. The van der Waals surface area contributed by atoms with E-state index in [4.69, 9.17) is 33.7 Å². The van der Waals surface area contributed by atoms with E-state index in [0.717, 1.165) is 78.0 Å². The highest BCUT2D eigenvalue weighted by atomic mass is 32.2. The lowest BCUT2D eigenvalue weighted by atomic mass is 9.55. The zero-order valence-electron chi connectivity index (χ0n) is 40.8. The van der Waals surface area contributed by atoms with E-state index in [2.05, 4.69) is 44.0 Å². The molecule has 68 heavy (non-hydrogen) atoms. The third kappa shape index (κ3) is 12.4. The minimum atomic E-state index is -1.37. The third-order valence-electron chi connectivity index (χ3n) is 14.2. The van der Waals surface area contributed by atoms with Crippen molar-refractivity contribution in [3.63, 3.8) is 0 Å². The van der Waals surface area contributed by atoms with Crippen LogP contribution in [0.2, 0.25) is 0 Å². The molecule has 0 radical (unpaired) electrons. The van der Waals surface area contributed by atoms with Crippen LogP contribution in [0.5, 0.6) is 28.7 Å². The van der Waals surface area contributed by atoms with Crippen LogP contribution in [0, 0.1) is 17.8 Å². The molecule has 6 atom stereocenters. The standard InChI is InChI=1S/C56H76N2O9S/c1-5-8-9-10-11-12-13-14-15-22-53(61)58(38-40-23-29-50-51(34-40)63-39-62-50)52-37-48(57-65-7-3)46-35-41(20-16-18-31-59)45(21-17-19-32-60)54-47-36-43(66-42-24-27-44(68-4)28-25-42)26-30-49(47)67-56(52,55(46)54)64-33-6-2/h6,23-30,34-36,41,45,52,54-55,59-60H,2,5,7-22,31-33,37-39H2,1,3-4H3. The van der Waals surface area contributed by atoms with Crippen molar-refractivity contribution in [2.45, 2.75) is 152 Å². The quantitative estimate of drug-likeness (QED) is 0.0300. The fraction of sp³-hybridized carbons (Fsp3) is 0.571. The Morgan fingerprint density at radius 1 is 0.853 bits per heavy atom. The van der Waals surface area contributed by atoms with E-state index in [0.29, 0.717) is 55.3 Å². The smallest absolute Gasteiger partial charge is 0.239 e. The van der Waals surface area contributed by atoms with Gasteiger partial charge in [0.05, 0.1) is 18.2 Å². The van der Waals surface area contributed by atoms with Crippen LogP contribution >= 0.6 is 11.8 Å². The Morgan fingerprint density at radius 3 is 2.28 bits per heavy atom. The molecule has 6 unspecified atom stereocenters. The second kappa shape index (κ2) is 25.9. The van der Waals surface area contributed by atoms with Crippen LogP contribution in [0.3, 0.4) is 0 Å². The first kappa shape index (κ1) is 51.4. The van der Waals surface area contributed by atoms with Gasteiger partial charge in [0.15, 0.2) is 11.5 Å². The number of ether oxygens (including phenoxy) is 5. The molecule has 370 valence electrons. The highest BCUT2D eigenvalue weighted by Crippen LogP contribution is 2.62. The Balaban J connectivity index is 1.35. The second-order valence-electron chi connectivity index (χ2n) is 18.8. The maximum Gasteiger partial charge on any atom is 0.239 e. The highest BCUT2D eigenvalue weighted by Gasteiger charge is 2.65. The molecule has 12 heteroatoms. The first-order valence-electron chi connectivity index (χ1n) is 25.6. The van der Waals surface area contributed by atoms with Gasteiger partial charge in [-0.1, -0.05) is 94.5 Å². The van der Waals surface area contributed by atoms with Crippen molar-refractivity contribution in [1.29, 1.82) is 0 Å². The minimum absolute atomic E-state index is 0.0275. The molecule has 0 bridgehead atoms. The van der Waals surface area contributed by atoms with E-state index in [1.54, 1.807) is 17.8 Å². The van der Waals surface area contributed by atoms with E-state index in [-0.39, 0.29) is 56.8 Å². The Labute approximate surface area is 409 Å². The Morgan fingerprint density at radius 2 is 1.56 bits per heavy atom. The van der Waals surface area contributed by atoms with E-state index in [9.17, 15) is 10.2 Å². The van der Waals surface area contributed by atoms with Gasteiger partial charge in [-0.05, 0) is 123 Å². The summed E-state index contributed by atoms with van der Waals surface area (Å²) >= 11 is 1.69. The summed E-state index contributed by atoms with van der Waals surface area (Å²) in [5.41, 5.74) is 3.71. The third-order valence-corrected chi connectivity index (χ3v) is 15.0. The summed E-state index contributed by atoms with van der Waals surface area (Å²) in [5.74, 6) is 1.74. The van der Waals surface area contributed by atoms with Crippen molar-refractivity contribution < 1.29 is 43.5 Å². The number of aliphatic hydroxyl groups excluding tert-OH is 2. The molecule has 2 aliphatic heterocycles. The predicted octanol–water partition coefficient (Wildman–Crippen LogP) is 12.5. The molecule has 11 nitrogen and oxygen atoms in total. The molecule has 2 heterocycles. The van der Waals surface area contributed by atoms with E-state index in [1.807, 2.05) is 54.3 Å². The molecule has 1 saturated carbocycles. The number of hydrogen-bond donors (Lipinski definition) is 2. The van der Waals surface area contributed by atoms with Crippen LogP contribution in [0.4, 0.5) is 0 Å². The zero-order valence-corrected chi connectivity index (χ0v) is 41.7. The van der Waals surface area contributed by atoms with Crippen molar-refractivity contribution in [2.75, 3.05) is 39.5 Å². The number of oxime groups is 1. The monoisotopic (exact) mass is 953 g/mol. The number of carbonyl (C=O) groups is 1. The molecule has 1 fully saturated rings. The first-order chi connectivity index (χ1) is 33.4. The molecule has 3 aromatic rings. The number of amides is 1. The van der Waals surface area contributed by atoms with Crippen LogP contribution in [-0.2, 0) is 20.9 Å².